The first-order valence-electron chi connectivity index (χ1n) is 12.7. The first-order chi connectivity index (χ1) is 19.2. The van der Waals surface area contributed by atoms with Crippen molar-refractivity contribution in [3.05, 3.63) is 120 Å². The van der Waals surface area contributed by atoms with E-state index in [0.717, 1.165) is 45.5 Å². The highest BCUT2D eigenvalue weighted by Gasteiger charge is 2.41. The highest BCUT2D eigenvalue weighted by molar-refractivity contribution is 6.51. The molecule has 0 amide bonds. The Morgan fingerprint density at radius 3 is 2.49 bits per heavy atom. The summed E-state index contributed by atoms with van der Waals surface area (Å²) in [6.45, 7) is 2.04. The van der Waals surface area contributed by atoms with E-state index in [2.05, 4.69) is 45.5 Å². The molecule has 2 aliphatic heterocycles. The minimum Gasteiger partial charge on any atom is -0.497 e. The van der Waals surface area contributed by atoms with E-state index >= 15 is 0 Å². The lowest BCUT2D eigenvalue weighted by molar-refractivity contribution is 0.415. The maximum atomic E-state index is 5.46. The van der Waals surface area contributed by atoms with Gasteiger partial charge in [-0.25, -0.2) is 15.0 Å². The topological polar surface area (TPSA) is 79.9 Å². The molecule has 8 nitrogen and oxygen atoms in total. The molecule has 1 atom stereocenters. The van der Waals surface area contributed by atoms with Crippen LogP contribution in [-0.2, 0) is 0 Å². The number of methoxy groups -OCH3 is 1. The van der Waals surface area contributed by atoms with Crippen molar-refractivity contribution in [2.75, 3.05) is 17.3 Å². The fourth-order valence-corrected chi connectivity index (χ4v) is 5.22. The molecule has 2 aromatic heterocycles. The summed E-state index contributed by atoms with van der Waals surface area (Å²) < 4.78 is 7.28. The molecule has 2 aliphatic rings. The number of ether oxygens (including phenoxy) is 1. The molecule has 0 spiro atoms. The Morgan fingerprint density at radius 2 is 1.67 bits per heavy atom. The summed E-state index contributed by atoms with van der Waals surface area (Å²) >= 11 is 0. The lowest BCUT2D eigenvalue weighted by atomic mass is 9.93. The zero-order valence-electron chi connectivity index (χ0n) is 21.5. The molecule has 7 rings (SSSR count). The van der Waals surface area contributed by atoms with E-state index in [1.54, 1.807) is 13.3 Å². The summed E-state index contributed by atoms with van der Waals surface area (Å²) in [6.07, 6.45) is 1.77. The highest BCUT2D eigenvalue weighted by atomic mass is 16.5. The monoisotopic (exact) mass is 511 g/mol. The van der Waals surface area contributed by atoms with Gasteiger partial charge in [-0.15, -0.1) is 0 Å². The zero-order chi connectivity index (χ0) is 26.3. The van der Waals surface area contributed by atoms with Crippen molar-refractivity contribution < 1.29 is 4.74 Å². The Labute approximate surface area is 226 Å². The SMILES string of the molecule is COc1cccc(NC2=Nc3ccccc3N3C2=Nc2c(c(C)nn2-c2ccccn2)[C@@H]3c2ccccc2)c1. The Balaban J connectivity index is 1.48. The van der Waals surface area contributed by atoms with Gasteiger partial charge in [0.05, 0.1) is 30.2 Å². The number of fused-ring (bicyclic) bond motifs is 4. The van der Waals surface area contributed by atoms with E-state index in [9.17, 15) is 0 Å². The van der Waals surface area contributed by atoms with E-state index in [1.807, 2.05) is 78.3 Å². The molecule has 0 aliphatic carbocycles. The number of pyridine rings is 1. The number of rotatable bonds is 4. The number of nitrogens with one attached hydrogen (secondary N) is 1. The van der Waals surface area contributed by atoms with Crippen LogP contribution < -0.4 is 15.0 Å². The maximum Gasteiger partial charge on any atom is 0.179 e. The van der Waals surface area contributed by atoms with Crippen LogP contribution >= 0.6 is 0 Å². The summed E-state index contributed by atoms with van der Waals surface area (Å²) in [4.78, 5) is 17.1. The van der Waals surface area contributed by atoms with E-state index in [-0.39, 0.29) is 6.04 Å². The molecular weight excluding hydrogens is 486 g/mol. The van der Waals surface area contributed by atoms with Crippen LogP contribution in [0.3, 0.4) is 0 Å². The molecular formula is C31H25N7O. The van der Waals surface area contributed by atoms with Crippen molar-refractivity contribution >= 4 is 34.6 Å². The second-order valence-corrected chi connectivity index (χ2v) is 9.35. The van der Waals surface area contributed by atoms with Gasteiger partial charge >= 0.3 is 0 Å². The maximum absolute atomic E-state index is 5.46. The molecule has 3 aromatic carbocycles. The summed E-state index contributed by atoms with van der Waals surface area (Å²) in [5, 5.41) is 8.44. The smallest absolute Gasteiger partial charge is 0.179 e. The van der Waals surface area contributed by atoms with Gasteiger partial charge in [-0.1, -0.05) is 54.6 Å². The number of aromatic nitrogens is 3. The summed E-state index contributed by atoms with van der Waals surface area (Å²) in [6, 6.07) is 32.0. The fourth-order valence-electron chi connectivity index (χ4n) is 5.22. The van der Waals surface area contributed by atoms with Crippen LogP contribution in [0.15, 0.2) is 113 Å². The number of anilines is 2. The first kappa shape index (κ1) is 22.9. The molecule has 5 aromatic rings. The van der Waals surface area contributed by atoms with E-state index in [4.69, 9.17) is 19.8 Å². The quantitative estimate of drug-likeness (QED) is 0.303. The van der Waals surface area contributed by atoms with Gasteiger partial charge in [-0.2, -0.15) is 9.78 Å². The number of nitrogens with zero attached hydrogens (tertiary/aromatic N) is 6. The number of amidine groups is 2. The minimum atomic E-state index is -0.176. The summed E-state index contributed by atoms with van der Waals surface area (Å²) in [5.74, 6) is 3.55. The predicted molar refractivity (Wildman–Crippen MR) is 154 cm³/mol. The van der Waals surface area contributed by atoms with Gasteiger partial charge in [0.1, 0.15) is 5.75 Å². The average molecular weight is 512 g/mol. The number of para-hydroxylation sites is 2. The molecule has 0 saturated heterocycles. The van der Waals surface area contributed by atoms with Gasteiger partial charge in [0.25, 0.3) is 0 Å². The third-order valence-electron chi connectivity index (χ3n) is 6.95. The van der Waals surface area contributed by atoms with Gasteiger partial charge in [-0.3, -0.25) is 0 Å². The van der Waals surface area contributed by atoms with E-state index in [0.29, 0.717) is 17.5 Å². The normalized spacial score (nSPS) is 15.4. The molecule has 0 saturated carbocycles. The third kappa shape index (κ3) is 3.85. The van der Waals surface area contributed by atoms with Gasteiger partial charge in [-0.05, 0) is 48.9 Å². The van der Waals surface area contributed by atoms with Gasteiger partial charge in [0, 0.05) is 23.5 Å². The largest absolute Gasteiger partial charge is 0.497 e. The second kappa shape index (κ2) is 9.25. The van der Waals surface area contributed by atoms with E-state index in [1.165, 1.54) is 0 Å². The first-order valence-corrected chi connectivity index (χ1v) is 12.7. The van der Waals surface area contributed by atoms with Crippen LogP contribution in [0.25, 0.3) is 5.82 Å². The van der Waals surface area contributed by atoms with Crippen molar-refractivity contribution in [1.82, 2.24) is 14.8 Å². The molecule has 4 heterocycles. The van der Waals surface area contributed by atoms with Crippen LogP contribution in [-0.4, -0.2) is 33.5 Å². The van der Waals surface area contributed by atoms with Crippen LogP contribution in [0.4, 0.5) is 22.9 Å². The molecule has 8 heteroatoms. The molecule has 0 fully saturated rings. The lowest BCUT2D eigenvalue weighted by Crippen LogP contribution is -2.46. The summed E-state index contributed by atoms with van der Waals surface area (Å²) in [7, 11) is 1.66. The van der Waals surface area contributed by atoms with Crippen LogP contribution in [0.5, 0.6) is 5.75 Å². The van der Waals surface area contributed by atoms with E-state index < -0.39 is 0 Å². The molecule has 39 heavy (non-hydrogen) atoms. The van der Waals surface area contributed by atoms with Crippen molar-refractivity contribution in [3.8, 4) is 11.6 Å². The van der Waals surface area contributed by atoms with Crippen molar-refractivity contribution in [1.29, 1.82) is 0 Å². The number of aliphatic imine (C=N–C) groups is 2. The summed E-state index contributed by atoms with van der Waals surface area (Å²) in [5.41, 5.74) is 5.76. The zero-order valence-corrected chi connectivity index (χ0v) is 21.5. The Morgan fingerprint density at radius 1 is 0.846 bits per heavy atom. The van der Waals surface area contributed by atoms with Crippen LogP contribution in [0.2, 0.25) is 0 Å². The Hall–Kier alpha value is -5.24. The predicted octanol–water partition coefficient (Wildman–Crippen LogP) is 6.38. The van der Waals surface area contributed by atoms with Gasteiger partial charge < -0.3 is 15.0 Å². The fraction of sp³-hybridized carbons (Fsp3) is 0.0968. The Bertz CT molecular complexity index is 1740. The minimum absolute atomic E-state index is 0.176. The standard InChI is InChI=1S/C31H25N7O/c1-20-27-28(21-11-4-3-5-12-21)37-25-16-7-6-15-24(25)34-29(33-22-13-10-14-23(19-22)39-2)31(37)35-30(27)38(36-20)26-17-8-9-18-32-26/h3-19,28H,1-2H3,(H,33,34)/t28-/m0/s1. The van der Waals surface area contributed by atoms with Crippen molar-refractivity contribution in [3.63, 3.8) is 0 Å². The van der Waals surface area contributed by atoms with Crippen LogP contribution in [0.1, 0.15) is 22.9 Å². The van der Waals surface area contributed by atoms with Crippen LogP contribution in [0, 0.1) is 6.92 Å². The second-order valence-electron chi connectivity index (χ2n) is 9.35. The van der Waals surface area contributed by atoms with Crippen molar-refractivity contribution in [2.24, 2.45) is 9.98 Å². The molecule has 0 bridgehead atoms. The number of aryl methyl sites for hydroxylation is 1. The lowest BCUT2D eigenvalue weighted by Gasteiger charge is -2.40. The number of hydrogen-bond acceptors (Lipinski definition) is 7. The molecule has 0 unspecified atom stereocenters. The van der Waals surface area contributed by atoms with Gasteiger partial charge in [0.15, 0.2) is 23.3 Å². The third-order valence-corrected chi connectivity index (χ3v) is 6.95. The Kier molecular flexibility index (Phi) is 5.44. The molecule has 0 radical (unpaired) electrons. The van der Waals surface area contributed by atoms with Gasteiger partial charge in [0.2, 0.25) is 0 Å². The number of benzene rings is 3. The molecule has 190 valence electrons. The average Bonchev–Trinajstić information content (AvgIpc) is 3.33. The number of hydrogen-bond donors (Lipinski definition) is 1. The highest BCUT2D eigenvalue weighted by Crippen LogP contribution is 2.48. The van der Waals surface area contributed by atoms with Crippen molar-refractivity contribution in [2.45, 2.75) is 13.0 Å². The molecule has 1 N–H and O–H groups in total.